The minimum atomic E-state index is 0.542. The summed E-state index contributed by atoms with van der Waals surface area (Å²) in [6.07, 6.45) is 6.88. The standard InChI is InChI=1S/C16H20N4/c1-2-11-17-16-19-14-10-6-5-9-13(14)15(20-16)18-12-7-3-4-8-12/h2,5-6,9-10,12H,1,3-4,7-8,11H2,(H2,17,18,19,20). The number of nitrogens with one attached hydrogen (secondary N) is 2. The first-order valence-corrected chi connectivity index (χ1v) is 7.25. The summed E-state index contributed by atoms with van der Waals surface area (Å²) in [5, 5.41) is 7.84. The zero-order valence-corrected chi connectivity index (χ0v) is 11.6. The second-order valence-corrected chi connectivity index (χ2v) is 5.21. The lowest BCUT2D eigenvalue weighted by Gasteiger charge is -2.15. The molecule has 4 heteroatoms. The van der Waals surface area contributed by atoms with Crippen molar-refractivity contribution >= 4 is 22.7 Å². The van der Waals surface area contributed by atoms with Gasteiger partial charge in [-0.1, -0.05) is 31.1 Å². The molecule has 1 saturated carbocycles. The van der Waals surface area contributed by atoms with Crippen LogP contribution in [0.25, 0.3) is 10.9 Å². The van der Waals surface area contributed by atoms with E-state index in [1.165, 1.54) is 25.7 Å². The van der Waals surface area contributed by atoms with Crippen molar-refractivity contribution in [2.45, 2.75) is 31.7 Å². The van der Waals surface area contributed by atoms with Crippen LogP contribution in [0, 0.1) is 0 Å². The number of para-hydroxylation sites is 1. The molecule has 4 nitrogen and oxygen atoms in total. The molecule has 1 aromatic heterocycles. The summed E-state index contributed by atoms with van der Waals surface area (Å²) in [6, 6.07) is 8.68. The Morgan fingerprint density at radius 3 is 2.80 bits per heavy atom. The minimum Gasteiger partial charge on any atom is -0.367 e. The number of hydrogen-bond donors (Lipinski definition) is 2. The number of aromatic nitrogens is 2. The molecular formula is C16H20N4. The first-order chi connectivity index (χ1) is 9.86. The van der Waals surface area contributed by atoms with Gasteiger partial charge < -0.3 is 10.6 Å². The molecule has 1 aliphatic rings. The molecule has 0 unspecified atom stereocenters. The molecule has 1 fully saturated rings. The van der Waals surface area contributed by atoms with Crippen molar-refractivity contribution in [3.05, 3.63) is 36.9 Å². The van der Waals surface area contributed by atoms with Gasteiger partial charge in [-0.25, -0.2) is 4.98 Å². The highest BCUT2D eigenvalue weighted by Crippen LogP contribution is 2.26. The lowest BCUT2D eigenvalue weighted by atomic mass is 10.2. The second-order valence-electron chi connectivity index (χ2n) is 5.21. The predicted molar refractivity (Wildman–Crippen MR) is 84.1 cm³/mol. The molecule has 1 heterocycles. The Hall–Kier alpha value is -2.10. The van der Waals surface area contributed by atoms with Crippen LogP contribution in [0.3, 0.4) is 0 Å². The van der Waals surface area contributed by atoms with Gasteiger partial charge in [-0.05, 0) is 25.0 Å². The number of rotatable bonds is 5. The third kappa shape index (κ3) is 2.74. The molecule has 0 spiro atoms. The van der Waals surface area contributed by atoms with E-state index < -0.39 is 0 Å². The van der Waals surface area contributed by atoms with Gasteiger partial charge >= 0.3 is 0 Å². The van der Waals surface area contributed by atoms with E-state index in [2.05, 4.69) is 33.2 Å². The van der Waals surface area contributed by atoms with Gasteiger partial charge in [0.1, 0.15) is 5.82 Å². The molecule has 1 aliphatic carbocycles. The van der Waals surface area contributed by atoms with Gasteiger partial charge in [0, 0.05) is 18.0 Å². The highest BCUT2D eigenvalue weighted by molar-refractivity contribution is 5.90. The highest BCUT2D eigenvalue weighted by Gasteiger charge is 2.17. The molecule has 0 aliphatic heterocycles. The molecule has 0 saturated heterocycles. The smallest absolute Gasteiger partial charge is 0.225 e. The van der Waals surface area contributed by atoms with Crippen LogP contribution in [0.2, 0.25) is 0 Å². The van der Waals surface area contributed by atoms with Gasteiger partial charge in [-0.15, -0.1) is 6.58 Å². The molecule has 0 bridgehead atoms. The average molecular weight is 268 g/mol. The van der Waals surface area contributed by atoms with Gasteiger partial charge in [-0.3, -0.25) is 0 Å². The molecule has 0 amide bonds. The third-order valence-electron chi connectivity index (χ3n) is 3.70. The Labute approximate surface area is 119 Å². The molecule has 2 aromatic rings. The van der Waals surface area contributed by atoms with E-state index in [-0.39, 0.29) is 0 Å². The number of nitrogens with zero attached hydrogens (tertiary/aromatic N) is 2. The lowest BCUT2D eigenvalue weighted by molar-refractivity contribution is 0.751. The fourth-order valence-electron chi connectivity index (χ4n) is 2.69. The maximum Gasteiger partial charge on any atom is 0.225 e. The molecule has 20 heavy (non-hydrogen) atoms. The number of fused-ring (bicyclic) bond motifs is 1. The first-order valence-electron chi connectivity index (χ1n) is 7.25. The molecule has 2 N–H and O–H groups in total. The van der Waals surface area contributed by atoms with Crippen molar-refractivity contribution in [1.29, 1.82) is 0 Å². The molecule has 0 radical (unpaired) electrons. The SMILES string of the molecule is C=CCNc1nc(NC2CCCC2)c2ccccc2n1. The molecule has 104 valence electrons. The number of anilines is 2. The summed E-state index contributed by atoms with van der Waals surface area (Å²) in [5.74, 6) is 1.60. The van der Waals surface area contributed by atoms with Gasteiger partial charge in [0.05, 0.1) is 5.52 Å². The zero-order chi connectivity index (χ0) is 13.8. The average Bonchev–Trinajstić information content (AvgIpc) is 2.98. The fourth-order valence-corrected chi connectivity index (χ4v) is 2.69. The number of hydrogen-bond acceptors (Lipinski definition) is 4. The van der Waals surface area contributed by atoms with Crippen molar-refractivity contribution in [2.24, 2.45) is 0 Å². The molecule has 0 atom stereocenters. The Bertz CT molecular complexity index is 602. The second kappa shape index (κ2) is 5.90. The van der Waals surface area contributed by atoms with Crippen LogP contribution in [0.5, 0.6) is 0 Å². The minimum absolute atomic E-state index is 0.542. The van der Waals surface area contributed by atoms with Crippen molar-refractivity contribution in [1.82, 2.24) is 9.97 Å². The van der Waals surface area contributed by atoms with Crippen LogP contribution in [0.15, 0.2) is 36.9 Å². The first kappa shape index (κ1) is 12.9. The van der Waals surface area contributed by atoms with E-state index in [0.717, 1.165) is 16.7 Å². The molecule has 1 aromatic carbocycles. The van der Waals surface area contributed by atoms with Gasteiger partial charge in [0.15, 0.2) is 0 Å². The predicted octanol–water partition coefficient (Wildman–Crippen LogP) is 3.58. The summed E-state index contributed by atoms with van der Waals surface area (Å²) >= 11 is 0. The summed E-state index contributed by atoms with van der Waals surface area (Å²) in [5.41, 5.74) is 0.967. The van der Waals surface area contributed by atoms with Crippen LogP contribution in [-0.2, 0) is 0 Å². The quantitative estimate of drug-likeness (QED) is 0.814. The van der Waals surface area contributed by atoms with Crippen molar-refractivity contribution in [3.8, 4) is 0 Å². The van der Waals surface area contributed by atoms with Crippen molar-refractivity contribution < 1.29 is 0 Å². The van der Waals surface area contributed by atoms with Crippen LogP contribution in [0.1, 0.15) is 25.7 Å². The van der Waals surface area contributed by atoms with E-state index in [1.54, 1.807) is 0 Å². The Morgan fingerprint density at radius 1 is 1.20 bits per heavy atom. The van der Waals surface area contributed by atoms with E-state index in [4.69, 9.17) is 0 Å². The van der Waals surface area contributed by atoms with Crippen LogP contribution < -0.4 is 10.6 Å². The lowest BCUT2D eigenvalue weighted by Crippen LogP contribution is -2.17. The molecule has 3 rings (SSSR count). The maximum absolute atomic E-state index is 4.62. The van der Waals surface area contributed by atoms with Crippen LogP contribution in [-0.4, -0.2) is 22.6 Å². The maximum atomic E-state index is 4.62. The molecular weight excluding hydrogens is 248 g/mol. The summed E-state index contributed by atoms with van der Waals surface area (Å²) in [7, 11) is 0. The topological polar surface area (TPSA) is 49.8 Å². The Morgan fingerprint density at radius 2 is 2.00 bits per heavy atom. The van der Waals surface area contributed by atoms with Crippen molar-refractivity contribution in [2.75, 3.05) is 17.2 Å². The Kier molecular flexibility index (Phi) is 3.81. The summed E-state index contributed by atoms with van der Waals surface area (Å²) in [4.78, 5) is 9.16. The van der Waals surface area contributed by atoms with E-state index in [1.807, 2.05) is 24.3 Å². The van der Waals surface area contributed by atoms with Crippen molar-refractivity contribution in [3.63, 3.8) is 0 Å². The Balaban J connectivity index is 1.95. The van der Waals surface area contributed by atoms with Crippen LogP contribution >= 0.6 is 0 Å². The monoisotopic (exact) mass is 268 g/mol. The van der Waals surface area contributed by atoms with E-state index in [9.17, 15) is 0 Å². The summed E-state index contributed by atoms with van der Waals surface area (Å²) in [6.45, 7) is 4.38. The fraction of sp³-hybridized carbons (Fsp3) is 0.375. The third-order valence-corrected chi connectivity index (χ3v) is 3.70. The summed E-state index contributed by atoms with van der Waals surface area (Å²) < 4.78 is 0. The highest BCUT2D eigenvalue weighted by atomic mass is 15.1. The van der Waals surface area contributed by atoms with E-state index >= 15 is 0 Å². The number of benzene rings is 1. The van der Waals surface area contributed by atoms with Gasteiger partial charge in [0.25, 0.3) is 0 Å². The zero-order valence-electron chi connectivity index (χ0n) is 11.6. The van der Waals surface area contributed by atoms with Gasteiger partial charge in [0.2, 0.25) is 5.95 Å². The van der Waals surface area contributed by atoms with Crippen LogP contribution in [0.4, 0.5) is 11.8 Å². The largest absolute Gasteiger partial charge is 0.367 e. The van der Waals surface area contributed by atoms with Gasteiger partial charge in [-0.2, -0.15) is 4.98 Å². The normalized spacial score (nSPS) is 15.4. The van der Waals surface area contributed by atoms with E-state index in [0.29, 0.717) is 18.5 Å².